The summed E-state index contributed by atoms with van der Waals surface area (Å²) in [5, 5.41) is 0. The van der Waals surface area contributed by atoms with E-state index >= 15 is 0 Å². The Bertz CT molecular complexity index is 817. The van der Waals surface area contributed by atoms with Crippen molar-refractivity contribution in [3.05, 3.63) is 50.9 Å². The minimum Gasteiger partial charge on any atom is -0.408 e. The van der Waals surface area contributed by atoms with Crippen molar-refractivity contribution >= 4 is 27.0 Å². The van der Waals surface area contributed by atoms with Crippen LogP contribution in [-0.4, -0.2) is 21.1 Å². The fourth-order valence-electron chi connectivity index (χ4n) is 2.26. The van der Waals surface area contributed by atoms with E-state index < -0.39 is 0 Å². The first-order valence-corrected chi connectivity index (χ1v) is 6.89. The van der Waals surface area contributed by atoms with Gasteiger partial charge in [0.15, 0.2) is 5.58 Å². The number of H-pyrrole nitrogens is 1. The Kier molecular flexibility index (Phi) is 3.23. The van der Waals surface area contributed by atoms with Gasteiger partial charge in [-0.3, -0.25) is 4.57 Å². The molecule has 1 atom stereocenters. The number of aromatic amines is 1. The van der Waals surface area contributed by atoms with E-state index in [1.165, 1.54) is 4.57 Å². The van der Waals surface area contributed by atoms with Crippen molar-refractivity contribution in [2.45, 2.75) is 5.92 Å². The van der Waals surface area contributed by atoms with Crippen LogP contribution in [0.1, 0.15) is 17.3 Å². The van der Waals surface area contributed by atoms with Crippen molar-refractivity contribution in [1.29, 1.82) is 0 Å². The van der Waals surface area contributed by atoms with Crippen LogP contribution in [0.4, 0.5) is 0 Å². The second-order valence-corrected chi connectivity index (χ2v) is 5.41. The molecular formula is C13H13BrN4O2. The first-order chi connectivity index (χ1) is 9.60. The number of hydrogen-bond donors (Lipinski definition) is 2. The van der Waals surface area contributed by atoms with Crippen LogP contribution in [0.3, 0.4) is 0 Å². The lowest BCUT2D eigenvalue weighted by atomic mass is 9.98. The highest BCUT2D eigenvalue weighted by Crippen LogP contribution is 2.25. The monoisotopic (exact) mass is 336 g/mol. The van der Waals surface area contributed by atoms with Gasteiger partial charge in [-0.2, -0.15) is 0 Å². The number of fused-ring (bicyclic) bond motifs is 1. The van der Waals surface area contributed by atoms with Crippen molar-refractivity contribution in [1.82, 2.24) is 14.5 Å². The summed E-state index contributed by atoms with van der Waals surface area (Å²) in [6.45, 7) is 0.405. The van der Waals surface area contributed by atoms with Gasteiger partial charge in [-0.1, -0.05) is 6.07 Å². The molecule has 0 aliphatic rings. The predicted molar refractivity (Wildman–Crippen MR) is 78.6 cm³/mol. The Labute approximate surface area is 122 Å². The normalized spacial score (nSPS) is 12.9. The molecule has 104 valence electrons. The standard InChI is InChI=1S/C13H13BrN4O2/c1-18-9-3-2-7(4-10(9)20-13(18)19)8(5-15)12-16-6-11(14)17-12/h2-4,6,8H,5,15H2,1H3,(H,16,17). The SMILES string of the molecule is Cn1c(=O)oc2cc(C(CN)c3ncc(Br)[nH]3)ccc21. The minimum atomic E-state index is -0.373. The van der Waals surface area contributed by atoms with Gasteiger partial charge in [0.25, 0.3) is 0 Å². The van der Waals surface area contributed by atoms with E-state index in [4.69, 9.17) is 10.2 Å². The van der Waals surface area contributed by atoms with Crippen LogP contribution in [0.5, 0.6) is 0 Å². The van der Waals surface area contributed by atoms with Gasteiger partial charge >= 0.3 is 5.76 Å². The van der Waals surface area contributed by atoms with Gasteiger partial charge in [0, 0.05) is 13.6 Å². The van der Waals surface area contributed by atoms with Crippen LogP contribution in [-0.2, 0) is 7.05 Å². The molecule has 0 radical (unpaired) electrons. The van der Waals surface area contributed by atoms with E-state index in [0.717, 1.165) is 21.5 Å². The number of hydrogen-bond acceptors (Lipinski definition) is 4. The van der Waals surface area contributed by atoms with E-state index in [2.05, 4.69) is 25.9 Å². The summed E-state index contributed by atoms with van der Waals surface area (Å²) in [6, 6.07) is 5.63. The maximum Gasteiger partial charge on any atom is 0.419 e. The smallest absolute Gasteiger partial charge is 0.408 e. The number of halogens is 1. The highest BCUT2D eigenvalue weighted by Gasteiger charge is 2.17. The summed E-state index contributed by atoms with van der Waals surface area (Å²) in [5.74, 6) is 0.329. The first kappa shape index (κ1) is 13.1. The van der Waals surface area contributed by atoms with Gasteiger partial charge in [0.05, 0.1) is 17.6 Å². The van der Waals surface area contributed by atoms with Gasteiger partial charge in [-0.15, -0.1) is 0 Å². The van der Waals surface area contributed by atoms with Gasteiger partial charge in [-0.05, 0) is 33.6 Å². The molecule has 0 bridgehead atoms. The molecule has 2 aromatic heterocycles. The zero-order valence-corrected chi connectivity index (χ0v) is 12.3. The van der Waals surface area contributed by atoms with E-state index in [9.17, 15) is 4.79 Å². The lowest BCUT2D eigenvalue weighted by Crippen LogP contribution is -2.15. The Morgan fingerprint density at radius 2 is 2.35 bits per heavy atom. The van der Waals surface area contributed by atoms with Crippen LogP contribution in [0.2, 0.25) is 0 Å². The second kappa shape index (κ2) is 4.92. The summed E-state index contributed by atoms with van der Waals surface area (Å²) < 4.78 is 7.48. The lowest BCUT2D eigenvalue weighted by Gasteiger charge is -2.12. The summed E-state index contributed by atoms with van der Waals surface area (Å²) in [5.41, 5.74) is 8.12. The molecule has 2 heterocycles. The summed E-state index contributed by atoms with van der Waals surface area (Å²) in [6.07, 6.45) is 1.69. The minimum absolute atomic E-state index is 0.0730. The predicted octanol–water partition coefficient (Wildman–Crippen LogP) is 1.71. The van der Waals surface area contributed by atoms with Gasteiger partial charge in [-0.25, -0.2) is 9.78 Å². The molecule has 3 aromatic rings. The molecule has 20 heavy (non-hydrogen) atoms. The van der Waals surface area contributed by atoms with Crippen LogP contribution in [0, 0.1) is 0 Å². The van der Waals surface area contributed by atoms with Crippen molar-refractivity contribution < 1.29 is 4.42 Å². The van der Waals surface area contributed by atoms with Crippen LogP contribution in [0.25, 0.3) is 11.1 Å². The molecule has 0 saturated carbocycles. The number of aromatic nitrogens is 3. The number of oxazole rings is 1. The van der Waals surface area contributed by atoms with Gasteiger partial charge in [0.1, 0.15) is 10.4 Å². The van der Waals surface area contributed by atoms with E-state index in [1.54, 1.807) is 13.2 Å². The number of benzene rings is 1. The lowest BCUT2D eigenvalue weighted by molar-refractivity contribution is 0.527. The number of nitrogens with one attached hydrogen (secondary N) is 1. The molecule has 3 rings (SSSR count). The fourth-order valence-corrected chi connectivity index (χ4v) is 2.57. The van der Waals surface area contributed by atoms with Crippen molar-refractivity contribution in [3.8, 4) is 0 Å². The Morgan fingerprint density at radius 3 is 3.00 bits per heavy atom. The summed E-state index contributed by atoms with van der Waals surface area (Å²) >= 11 is 3.33. The summed E-state index contributed by atoms with van der Waals surface area (Å²) in [4.78, 5) is 18.9. The number of imidazole rings is 1. The average molecular weight is 337 g/mol. The molecule has 1 aromatic carbocycles. The molecular weight excluding hydrogens is 324 g/mol. The second-order valence-electron chi connectivity index (χ2n) is 4.56. The fraction of sp³-hybridized carbons (Fsp3) is 0.231. The van der Waals surface area contributed by atoms with E-state index in [-0.39, 0.29) is 11.7 Å². The maximum atomic E-state index is 11.5. The zero-order chi connectivity index (χ0) is 14.3. The molecule has 0 amide bonds. The first-order valence-electron chi connectivity index (χ1n) is 6.10. The maximum absolute atomic E-state index is 11.5. The van der Waals surface area contributed by atoms with E-state index in [0.29, 0.717) is 12.1 Å². The Morgan fingerprint density at radius 1 is 1.55 bits per heavy atom. The molecule has 0 fully saturated rings. The number of rotatable bonds is 3. The zero-order valence-electron chi connectivity index (χ0n) is 10.8. The average Bonchev–Trinajstić information content (AvgIpc) is 2.96. The van der Waals surface area contributed by atoms with Crippen molar-refractivity contribution in [2.75, 3.05) is 6.54 Å². The molecule has 3 N–H and O–H groups in total. The Balaban J connectivity index is 2.10. The third-order valence-electron chi connectivity index (χ3n) is 3.35. The molecule has 0 spiro atoms. The molecule has 0 aliphatic carbocycles. The van der Waals surface area contributed by atoms with E-state index in [1.807, 2.05) is 18.2 Å². The van der Waals surface area contributed by atoms with Gasteiger partial charge in [0.2, 0.25) is 0 Å². The number of nitrogens with zero attached hydrogens (tertiary/aromatic N) is 2. The van der Waals surface area contributed by atoms with Crippen molar-refractivity contribution in [3.63, 3.8) is 0 Å². The largest absolute Gasteiger partial charge is 0.419 e. The van der Waals surface area contributed by atoms with Crippen molar-refractivity contribution in [2.24, 2.45) is 12.8 Å². The van der Waals surface area contributed by atoms with Crippen LogP contribution < -0.4 is 11.5 Å². The third-order valence-corrected chi connectivity index (χ3v) is 3.75. The Hall–Kier alpha value is -1.86. The molecule has 7 heteroatoms. The highest BCUT2D eigenvalue weighted by molar-refractivity contribution is 9.10. The van der Waals surface area contributed by atoms with Crippen LogP contribution >= 0.6 is 15.9 Å². The number of nitrogens with two attached hydrogens (primary N) is 1. The quantitative estimate of drug-likeness (QED) is 0.761. The molecule has 0 aliphatic heterocycles. The third kappa shape index (κ3) is 2.08. The molecule has 0 saturated heterocycles. The van der Waals surface area contributed by atoms with Crippen LogP contribution in [0.15, 0.2) is 38.2 Å². The van der Waals surface area contributed by atoms with Gasteiger partial charge < -0.3 is 15.1 Å². The highest BCUT2D eigenvalue weighted by atomic mass is 79.9. The topological polar surface area (TPSA) is 89.8 Å². The summed E-state index contributed by atoms with van der Waals surface area (Å²) in [7, 11) is 1.68. The number of aryl methyl sites for hydroxylation is 1. The molecule has 6 nitrogen and oxygen atoms in total. The molecule has 1 unspecified atom stereocenters.